The lowest BCUT2D eigenvalue weighted by molar-refractivity contribution is 1.41. The van der Waals surface area contributed by atoms with E-state index < -0.39 is 0 Å². The molecule has 18 heavy (non-hydrogen) atoms. The molecule has 0 aromatic heterocycles. The molecule has 2 aromatic carbocycles. The highest BCUT2D eigenvalue weighted by Gasteiger charge is 2.07. The first-order chi connectivity index (χ1) is 8.72. The molecule has 0 aliphatic rings. The summed E-state index contributed by atoms with van der Waals surface area (Å²) in [4.78, 5) is 2.79. The van der Waals surface area contributed by atoms with Crippen LogP contribution in [-0.2, 0) is 0 Å². The van der Waals surface area contributed by atoms with Gasteiger partial charge in [0.05, 0.1) is 0 Å². The van der Waals surface area contributed by atoms with Crippen LogP contribution in [0.5, 0.6) is 0 Å². The van der Waals surface area contributed by atoms with Crippen LogP contribution in [0.15, 0.2) is 60.2 Å². The summed E-state index contributed by atoms with van der Waals surface area (Å²) in [5.74, 6) is 0. The van der Waals surface area contributed by atoms with Gasteiger partial charge in [-0.05, 0) is 29.1 Å². The summed E-state index contributed by atoms with van der Waals surface area (Å²) in [5, 5.41) is 3.60. The van der Waals surface area contributed by atoms with Crippen molar-refractivity contribution in [2.24, 2.45) is 5.11 Å². The molecule has 3 heteroatoms. The van der Waals surface area contributed by atoms with Gasteiger partial charge in [-0.3, -0.25) is 0 Å². The number of hydrogen-bond donors (Lipinski definition) is 0. The summed E-state index contributed by atoms with van der Waals surface area (Å²) < 4.78 is 0. The lowest BCUT2D eigenvalue weighted by Crippen LogP contribution is -1.88. The third-order valence-electron chi connectivity index (χ3n) is 2.74. The van der Waals surface area contributed by atoms with Crippen molar-refractivity contribution in [3.63, 3.8) is 0 Å². The molecule has 0 aliphatic heterocycles. The summed E-state index contributed by atoms with van der Waals surface area (Å²) >= 11 is 0. The molecule has 0 aliphatic carbocycles. The lowest BCUT2D eigenvalue weighted by Gasteiger charge is -2.10. The Hall–Kier alpha value is -2.51. The van der Waals surface area contributed by atoms with Gasteiger partial charge in [-0.2, -0.15) is 0 Å². The summed E-state index contributed by atoms with van der Waals surface area (Å²) in [6.07, 6.45) is 0. The Bertz CT molecular complexity index is 623. The van der Waals surface area contributed by atoms with Gasteiger partial charge < -0.3 is 0 Å². The minimum absolute atomic E-state index is 0.441. The van der Waals surface area contributed by atoms with Crippen LogP contribution >= 0.6 is 0 Å². The predicted octanol–water partition coefficient (Wildman–Crippen LogP) is 4.94. The molecular weight excluding hydrogens is 222 g/mol. The zero-order chi connectivity index (χ0) is 13.0. The van der Waals surface area contributed by atoms with E-state index in [2.05, 4.69) is 22.7 Å². The fourth-order valence-electron chi connectivity index (χ4n) is 1.87. The highest BCUT2D eigenvalue weighted by Crippen LogP contribution is 2.29. The first-order valence-electron chi connectivity index (χ1n) is 5.63. The van der Waals surface area contributed by atoms with Crippen LogP contribution in [0.2, 0.25) is 0 Å². The number of rotatable bonds is 3. The van der Waals surface area contributed by atoms with Crippen LogP contribution in [-0.4, -0.2) is 0 Å². The molecule has 2 rings (SSSR count). The minimum Gasteiger partial charge on any atom is -0.0889 e. The van der Waals surface area contributed by atoms with Crippen LogP contribution < -0.4 is 0 Å². The Morgan fingerprint density at radius 3 is 2.56 bits per heavy atom. The third kappa shape index (κ3) is 2.42. The van der Waals surface area contributed by atoms with Crippen LogP contribution in [0.4, 0.5) is 0 Å². The molecule has 0 fully saturated rings. The van der Waals surface area contributed by atoms with E-state index >= 15 is 0 Å². The SMILES string of the molecule is C=C(N=[N+]=[N-])c1ccc(C)cc1-c1ccccc1. The maximum absolute atomic E-state index is 8.51. The van der Waals surface area contributed by atoms with Gasteiger partial charge in [0.2, 0.25) is 0 Å². The fraction of sp³-hybridized carbons (Fsp3) is 0.0667. The molecule has 0 unspecified atom stereocenters. The number of aryl methyl sites for hydroxylation is 1. The third-order valence-corrected chi connectivity index (χ3v) is 2.74. The fourth-order valence-corrected chi connectivity index (χ4v) is 1.87. The lowest BCUT2D eigenvalue weighted by atomic mass is 9.96. The smallest absolute Gasteiger partial charge is 0.0382 e. The first-order valence-corrected chi connectivity index (χ1v) is 5.63. The van der Waals surface area contributed by atoms with E-state index in [-0.39, 0.29) is 0 Å². The van der Waals surface area contributed by atoms with Crippen molar-refractivity contribution in [1.82, 2.24) is 0 Å². The van der Waals surface area contributed by atoms with Crippen LogP contribution in [0.25, 0.3) is 27.3 Å². The second-order valence-electron chi connectivity index (χ2n) is 4.05. The number of benzene rings is 2. The van der Waals surface area contributed by atoms with Gasteiger partial charge in [0, 0.05) is 10.6 Å². The molecule has 88 valence electrons. The predicted molar refractivity (Wildman–Crippen MR) is 74.8 cm³/mol. The van der Waals surface area contributed by atoms with E-state index in [9.17, 15) is 0 Å². The zero-order valence-corrected chi connectivity index (χ0v) is 10.2. The normalized spacial score (nSPS) is 9.61. The maximum Gasteiger partial charge on any atom is 0.0382 e. The van der Waals surface area contributed by atoms with Gasteiger partial charge in [0.1, 0.15) is 0 Å². The Kier molecular flexibility index (Phi) is 3.46. The summed E-state index contributed by atoms with van der Waals surface area (Å²) in [7, 11) is 0. The highest BCUT2D eigenvalue weighted by atomic mass is 15.1. The minimum atomic E-state index is 0.441. The van der Waals surface area contributed by atoms with E-state index in [1.807, 2.05) is 49.4 Å². The molecule has 2 aromatic rings. The van der Waals surface area contributed by atoms with Crippen molar-refractivity contribution in [3.8, 4) is 11.1 Å². The van der Waals surface area contributed by atoms with E-state index in [1.54, 1.807) is 0 Å². The van der Waals surface area contributed by atoms with Crippen LogP contribution in [0.1, 0.15) is 11.1 Å². The molecule has 0 saturated carbocycles. The van der Waals surface area contributed by atoms with Gasteiger partial charge in [-0.1, -0.05) is 65.8 Å². The average Bonchev–Trinajstić information content (AvgIpc) is 2.40. The van der Waals surface area contributed by atoms with Crippen molar-refractivity contribution < 1.29 is 0 Å². The number of azide groups is 1. The summed E-state index contributed by atoms with van der Waals surface area (Å²) in [5.41, 5.74) is 13.1. The van der Waals surface area contributed by atoms with E-state index in [0.29, 0.717) is 5.70 Å². The maximum atomic E-state index is 8.51. The topological polar surface area (TPSA) is 48.8 Å². The van der Waals surface area contributed by atoms with Crippen molar-refractivity contribution >= 4 is 5.70 Å². The van der Waals surface area contributed by atoms with Gasteiger partial charge in [0.15, 0.2) is 0 Å². The molecule has 0 radical (unpaired) electrons. The molecule has 0 saturated heterocycles. The van der Waals surface area contributed by atoms with Crippen LogP contribution in [0.3, 0.4) is 0 Å². The van der Waals surface area contributed by atoms with Gasteiger partial charge in [0.25, 0.3) is 0 Å². The Morgan fingerprint density at radius 1 is 1.17 bits per heavy atom. The molecule has 0 atom stereocenters. The molecular formula is C15H13N3. The van der Waals surface area contributed by atoms with Crippen LogP contribution in [0, 0.1) is 6.92 Å². The Labute approximate surface area is 106 Å². The molecule has 0 N–H and O–H groups in total. The Morgan fingerprint density at radius 2 is 1.89 bits per heavy atom. The molecule has 3 nitrogen and oxygen atoms in total. The van der Waals surface area contributed by atoms with Crippen molar-refractivity contribution in [2.45, 2.75) is 6.92 Å². The zero-order valence-electron chi connectivity index (χ0n) is 10.2. The van der Waals surface area contributed by atoms with E-state index in [4.69, 9.17) is 5.53 Å². The highest BCUT2D eigenvalue weighted by molar-refractivity contribution is 5.80. The van der Waals surface area contributed by atoms with Crippen molar-refractivity contribution in [3.05, 3.63) is 76.7 Å². The van der Waals surface area contributed by atoms with E-state index in [1.165, 1.54) is 0 Å². The summed E-state index contributed by atoms with van der Waals surface area (Å²) in [6.45, 7) is 5.84. The molecule has 0 spiro atoms. The number of hydrogen-bond acceptors (Lipinski definition) is 1. The summed E-state index contributed by atoms with van der Waals surface area (Å²) in [6, 6.07) is 16.0. The Balaban J connectivity index is 2.61. The first kappa shape index (κ1) is 12.0. The van der Waals surface area contributed by atoms with Crippen molar-refractivity contribution in [1.29, 1.82) is 0 Å². The molecule has 0 amide bonds. The largest absolute Gasteiger partial charge is 0.0889 e. The van der Waals surface area contributed by atoms with E-state index in [0.717, 1.165) is 22.3 Å². The monoisotopic (exact) mass is 235 g/mol. The van der Waals surface area contributed by atoms with Crippen molar-refractivity contribution in [2.75, 3.05) is 0 Å². The van der Waals surface area contributed by atoms with Gasteiger partial charge in [-0.15, -0.1) is 0 Å². The quantitative estimate of drug-likeness (QED) is 0.411. The standard InChI is InChI=1S/C15H13N3/c1-11-8-9-14(12(2)17-18-16)15(10-11)13-6-4-3-5-7-13/h3-10H,2H2,1H3. The van der Waals surface area contributed by atoms with Gasteiger partial charge in [-0.25, -0.2) is 0 Å². The van der Waals surface area contributed by atoms with Gasteiger partial charge >= 0.3 is 0 Å². The number of nitrogens with zero attached hydrogens (tertiary/aromatic N) is 3. The molecule has 0 heterocycles. The second-order valence-corrected chi connectivity index (χ2v) is 4.05. The molecule has 0 bridgehead atoms. The average molecular weight is 235 g/mol. The second kappa shape index (κ2) is 5.21.